The molecule has 4 heteroatoms. The average molecular weight is 475 g/mol. The van der Waals surface area contributed by atoms with Crippen molar-refractivity contribution < 1.29 is 19.4 Å². The summed E-state index contributed by atoms with van der Waals surface area (Å²) in [5, 5.41) is 10.3. The van der Waals surface area contributed by atoms with Crippen LogP contribution in [0.15, 0.2) is 42.5 Å². The lowest BCUT2D eigenvalue weighted by Crippen LogP contribution is -2.44. The Labute approximate surface area is 209 Å². The molecule has 186 valence electrons. The van der Waals surface area contributed by atoms with Gasteiger partial charge in [-0.2, -0.15) is 0 Å². The first-order valence-corrected chi connectivity index (χ1v) is 13.4. The van der Waals surface area contributed by atoms with Crippen LogP contribution in [0, 0.1) is 23.2 Å². The molecule has 0 bridgehead atoms. The Kier molecular flexibility index (Phi) is 6.74. The fourth-order valence-corrected chi connectivity index (χ4v) is 7.69. The SMILES string of the molecule is COc1cc2c(cc1O)CC[C@H]1[C@@H]3[C@H](CCCC(=O)CCc4ccccc4)CC(=O)[C@@]3(C)CC[C@H]21. The van der Waals surface area contributed by atoms with Gasteiger partial charge < -0.3 is 9.84 Å². The zero-order valence-electron chi connectivity index (χ0n) is 21.1. The molecule has 0 saturated heterocycles. The Morgan fingerprint density at radius 1 is 1.14 bits per heavy atom. The number of ketones is 2. The molecule has 3 aliphatic carbocycles. The normalized spacial score (nSPS) is 29.3. The molecule has 0 amide bonds. The van der Waals surface area contributed by atoms with Gasteiger partial charge in [0.1, 0.15) is 11.6 Å². The van der Waals surface area contributed by atoms with Gasteiger partial charge in [0.15, 0.2) is 11.5 Å². The first-order chi connectivity index (χ1) is 16.9. The van der Waals surface area contributed by atoms with E-state index >= 15 is 0 Å². The summed E-state index contributed by atoms with van der Waals surface area (Å²) in [6.07, 6.45) is 8.54. The van der Waals surface area contributed by atoms with Gasteiger partial charge in [-0.3, -0.25) is 9.59 Å². The van der Waals surface area contributed by atoms with Crippen molar-refractivity contribution in [3.8, 4) is 11.5 Å². The first kappa shape index (κ1) is 24.1. The van der Waals surface area contributed by atoms with E-state index in [0.29, 0.717) is 60.3 Å². The molecule has 0 unspecified atom stereocenters. The minimum atomic E-state index is -0.221. The second-order valence-electron chi connectivity index (χ2n) is 11.3. The van der Waals surface area contributed by atoms with Crippen molar-refractivity contribution in [2.24, 2.45) is 23.2 Å². The zero-order valence-corrected chi connectivity index (χ0v) is 21.1. The number of carbonyl (C=O) groups is 2. The summed E-state index contributed by atoms with van der Waals surface area (Å²) < 4.78 is 5.42. The predicted molar refractivity (Wildman–Crippen MR) is 137 cm³/mol. The maximum absolute atomic E-state index is 13.2. The number of benzene rings is 2. The molecule has 2 saturated carbocycles. The second-order valence-corrected chi connectivity index (χ2v) is 11.3. The molecule has 3 aliphatic rings. The minimum absolute atomic E-state index is 0.219. The van der Waals surface area contributed by atoms with Crippen molar-refractivity contribution in [3.05, 3.63) is 59.2 Å². The maximum atomic E-state index is 13.2. The molecular weight excluding hydrogens is 436 g/mol. The number of carbonyl (C=O) groups excluding carboxylic acids is 2. The van der Waals surface area contributed by atoms with Crippen molar-refractivity contribution in [2.75, 3.05) is 7.11 Å². The summed E-state index contributed by atoms with van der Waals surface area (Å²) in [4.78, 5) is 25.8. The van der Waals surface area contributed by atoms with Gasteiger partial charge in [0.2, 0.25) is 0 Å². The van der Waals surface area contributed by atoms with E-state index in [4.69, 9.17) is 4.74 Å². The van der Waals surface area contributed by atoms with Crippen LogP contribution >= 0.6 is 0 Å². The van der Waals surface area contributed by atoms with Crippen molar-refractivity contribution >= 4 is 11.6 Å². The molecule has 2 fully saturated rings. The third-order valence-electron chi connectivity index (χ3n) is 9.43. The van der Waals surface area contributed by atoms with E-state index in [2.05, 4.69) is 19.1 Å². The summed E-state index contributed by atoms with van der Waals surface area (Å²) in [5.41, 5.74) is 3.54. The predicted octanol–water partition coefficient (Wildman–Crippen LogP) is 6.42. The molecule has 0 radical (unpaired) electrons. The van der Waals surface area contributed by atoms with Crippen LogP contribution in [0.2, 0.25) is 0 Å². The van der Waals surface area contributed by atoms with Gasteiger partial charge in [0, 0.05) is 24.7 Å². The topological polar surface area (TPSA) is 63.6 Å². The summed E-state index contributed by atoms with van der Waals surface area (Å²) >= 11 is 0. The highest BCUT2D eigenvalue weighted by molar-refractivity contribution is 5.87. The number of ether oxygens (including phenoxy) is 1. The van der Waals surface area contributed by atoms with E-state index in [1.54, 1.807) is 7.11 Å². The van der Waals surface area contributed by atoms with Crippen molar-refractivity contribution in [3.63, 3.8) is 0 Å². The van der Waals surface area contributed by atoms with E-state index in [1.165, 1.54) is 16.7 Å². The fraction of sp³-hybridized carbons (Fsp3) is 0.548. The highest BCUT2D eigenvalue weighted by Crippen LogP contribution is 2.62. The number of phenols is 1. The Morgan fingerprint density at radius 3 is 2.71 bits per heavy atom. The monoisotopic (exact) mass is 474 g/mol. The lowest BCUT2D eigenvalue weighted by Gasteiger charge is -2.50. The Bertz CT molecular complexity index is 1090. The number of phenolic OH excluding ortho intramolecular Hbond substituents is 1. The van der Waals surface area contributed by atoms with E-state index in [-0.39, 0.29) is 11.2 Å². The number of aromatic hydroxyl groups is 1. The first-order valence-electron chi connectivity index (χ1n) is 13.4. The fourth-order valence-electron chi connectivity index (χ4n) is 7.69. The smallest absolute Gasteiger partial charge is 0.160 e. The van der Waals surface area contributed by atoms with Gasteiger partial charge in [-0.25, -0.2) is 0 Å². The van der Waals surface area contributed by atoms with Gasteiger partial charge in [-0.05, 0) is 97.4 Å². The van der Waals surface area contributed by atoms with Gasteiger partial charge in [0.25, 0.3) is 0 Å². The molecule has 1 N–H and O–H groups in total. The maximum Gasteiger partial charge on any atom is 0.160 e. The molecule has 5 rings (SSSR count). The van der Waals surface area contributed by atoms with Gasteiger partial charge in [0.05, 0.1) is 7.11 Å². The second kappa shape index (κ2) is 9.79. The average Bonchev–Trinajstić information content (AvgIpc) is 3.12. The Balaban J connectivity index is 1.26. The van der Waals surface area contributed by atoms with E-state index in [0.717, 1.165) is 44.9 Å². The molecule has 4 nitrogen and oxygen atoms in total. The van der Waals surface area contributed by atoms with Crippen molar-refractivity contribution in [1.29, 1.82) is 0 Å². The van der Waals surface area contributed by atoms with E-state index in [1.807, 2.05) is 30.3 Å². The number of methoxy groups -OCH3 is 1. The lowest BCUT2D eigenvalue weighted by molar-refractivity contribution is -0.129. The number of hydrogen-bond donors (Lipinski definition) is 1. The molecule has 2 aromatic rings. The van der Waals surface area contributed by atoms with Crippen LogP contribution in [0.3, 0.4) is 0 Å². The number of aryl methyl sites for hydroxylation is 2. The summed E-state index contributed by atoms with van der Waals surface area (Å²) in [6, 6.07) is 14.1. The van der Waals surface area contributed by atoms with Gasteiger partial charge >= 0.3 is 0 Å². The third kappa shape index (κ3) is 4.52. The lowest BCUT2D eigenvalue weighted by atomic mass is 9.54. The molecule has 0 aromatic heterocycles. The van der Waals surface area contributed by atoms with E-state index < -0.39 is 0 Å². The number of Topliss-reactive ketones (excluding diaryl/α,β-unsaturated/α-hetero) is 2. The van der Waals surface area contributed by atoms with Crippen molar-refractivity contribution in [1.82, 2.24) is 0 Å². The zero-order chi connectivity index (χ0) is 24.6. The van der Waals surface area contributed by atoms with Crippen LogP contribution in [0.25, 0.3) is 0 Å². The standard InChI is InChI=1S/C31H38O4/c1-31-16-15-24-25(14-12-21-17-27(33)28(35-2)19-26(21)24)30(31)22(18-29(31)34)9-6-10-23(32)13-11-20-7-4-3-5-8-20/h3-5,7-8,17,19,22,24-25,30,33H,6,9-16,18H2,1-2H3/t22-,24+,25-,30+,31-/m1/s1. The molecule has 35 heavy (non-hydrogen) atoms. The number of fused-ring (bicyclic) bond motifs is 5. The highest BCUT2D eigenvalue weighted by atomic mass is 16.5. The minimum Gasteiger partial charge on any atom is -0.504 e. The number of rotatable bonds is 8. The van der Waals surface area contributed by atoms with Crippen LogP contribution < -0.4 is 4.74 Å². The molecule has 5 atom stereocenters. The molecule has 0 spiro atoms. The molecule has 2 aromatic carbocycles. The quantitative estimate of drug-likeness (QED) is 0.479. The number of hydrogen-bond acceptors (Lipinski definition) is 4. The summed E-state index contributed by atoms with van der Waals surface area (Å²) in [7, 11) is 1.60. The molecule has 0 aliphatic heterocycles. The highest BCUT2D eigenvalue weighted by Gasteiger charge is 2.58. The van der Waals surface area contributed by atoms with Crippen LogP contribution in [-0.4, -0.2) is 23.8 Å². The molecular formula is C31H38O4. The van der Waals surface area contributed by atoms with Crippen LogP contribution in [0.5, 0.6) is 11.5 Å². The Hall–Kier alpha value is -2.62. The largest absolute Gasteiger partial charge is 0.504 e. The van der Waals surface area contributed by atoms with Crippen LogP contribution in [-0.2, 0) is 22.4 Å². The summed E-state index contributed by atoms with van der Waals surface area (Å²) in [5.74, 6) is 3.22. The Morgan fingerprint density at radius 2 is 1.94 bits per heavy atom. The molecule has 0 heterocycles. The van der Waals surface area contributed by atoms with Crippen LogP contribution in [0.1, 0.15) is 80.9 Å². The van der Waals surface area contributed by atoms with Gasteiger partial charge in [-0.1, -0.05) is 37.3 Å². The van der Waals surface area contributed by atoms with Gasteiger partial charge in [-0.15, -0.1) is 0 Å². The van der Waals surface area contributed by atoms with Crippen LogP contribution in [0.4, 0.5) is 0 Å². The van der Waals surface area contributed by atoms with Crippen molar-refractivity contribution in [2.45, 2.75) is 77.0 Å². The third-order valence-corrected chi connectivity index (χ3v) is 9.43. The van der Waals surface area contributed by atoms with E-state index in [9.17, 15) is 14.7 Å². The summed E-state index contributed by atoms with van der Waals surface area (Å²) in [6.45, 7) is 2.22.